The first-order valence-corrected chi connectivity index (χ1v) is 8.26. The predicted molar refractivity (Wildman–Crippen MR) is 83.3 cm³/mol. The maximum absolute atomic E-state index is 11.7. The molecule has 0 radical (unpaired) electrons. The summed E-state index contributed by atoms with van der Waals surface area (Å²) in [5.41, 5.74) is 0. The second kappa shape index (κ2) is 6.98. The molecule has 1 fully saturated rings. The quantitative estimate of drug-likeness (QED) is 0.617. The van der Waals surface area contributed by atoms with Crippen LogP contribution in [0.15, 0.2) is 24.3 Å². The minimum atomic E-state index is -0.477. The van der Waals surface area contributed by atoms with Crippen LogP contribution in [0.25, 0.3) is 0 Å². The summed E-state index contributed by atoms with van der Waals surface area (Å²) in [5, 5.41) is 2.59. The van der Waals surface area contributed by atoms with Crippen molar-refractivity contribution in [3.05, 3.63) is 24.3 Å². The van der Waals surface area contributed by atoms with E-state index in [1.54, 1.807) is 0 Å². The lowest BCUT2D eigenvalue weighted by molar-refractivity contribution is -0.136. The van der Waals surface area contributed by atoms with Crippen LogP contribution in [0.1, 0.15) is 25.7 Å². The van der Waals surface area contributed by atoms with Gasteiger partial charge in [0.05, 0.1) is 6.61 Å². The summed E-state index contributed by atoms with van der Waals surface area (Å²) in [7, 11) is 0. The number of imide groups is 1. The molecular formula is C17H22N2O4. The fourth-order valence-electron chi connectivity index (χ4n) is 3.59. The van der Waals surface area contributed by atoms with E-state index < -0.39 is 6.09 Å². The zero-order chi connectivity index (χ0) is 16.2. The van der Waals surface area contributed by atoms with Gasteiger partial charge in [0.15, 0.2) is 0 Å². The highest BCUT2D eigenvalue weighted by Gasteiger charge is 2.49. The predicted octanol–water partition coefficient (Wildman–Crippen LogP) is 1.63. The van der Waals surface area contributed by atoms with Gasteiger partial charge in [-0.15, -0.1) is 0 Å². The van der Waals surface area contributed by atoms with Gasteiger partial charge in [-0.1, -0.05) is 12.2 Å². The van der Waals surface area contributed by atoms with Crippen molar-refractivity contribution in [2.75, 3.05) is 19.7 Å². The Bertz CT molecular complexity index is 521. The monoisotopic (exact) mass is 318 g/mol. The lowest BCUT2D eigenvalue weighted by Gasteiger charge is -2.14. The van der Waals surface area contributed by atoms with Crippen molar-refractivity contribution in [2.24, 2.45) is 17.8 Å². The molecule has 0 bridgehead atoms. The van der Waals surface area contributed by atoms with Crippen LogP contribution < -0.4 is 5.32 Å². The lowest BCUT2D eigenvalue weighted by Crippen LogP contribution is -2.38. The third kappa shape index (κ3) is 3.81. The molecule has 2 atom stereocenters. The number of rotatable bonds is 5. The molecule has 3 rings (SSSR count). The number of allylic oxidation sites excluding steroid dienone is 2. The van der Waals surface area contributed by atoms with Crippen molar-refractivity contribution in [3.63, 3.8) is 0 Å². The van der Waals surface area contributed by atoms with Crippen LogP contribution in [-0.4, -0.2) is 42.5 Å². The number of hydrogen-bond acceptors (Lipinski definition) is 4. The first kappa shape index (κ1) is 15.8. The van der Waals surface area contributed by atoms with Crippen molar-refractivity contribution in [1.82, 2.24) is 10.2 Å². The molecule has 2 unspecified atom stereocenters. The van der Waals surface area contributed by atoms with Gasteiger partial charge in [-0.05, 0) is 43.4 Å². The SMILES string of the molecule is O=C(NCCN1C(=O)C=CC1=O)OCC1C2CCC=CCCC21. The second-order valence-electron chi connectivity index (χ2n) is 6.30. The minimum Gasteiger partial charge on any atom is -0.449 e. The molecule has 23 heavy (non-hydrogen) atoms. The Morgan fingerprint density at radius 2 is 1.74 bits per heavy atom. The number of alkyl carbamates (subject to hydrolysis) is 1. The average molecular weight is 318 g/mol. The van der Waals surface area contributed by atoms with Crippen LogP contribution in [0.5, 0.6) is 0 Å². The summed E-state index contributed by atoms with van der Waals surface area (Å²) >= 11 is 0. The van der Waals surface area contributed by atoms with E-state index >= 15 is 0 Å². The molecule has 0 aromatic rings. The van der Waals surface area contributed by atoms with E-state index in [9.17, 15) is 14.4 Å². The van der Waals surface area contributed by atoms with Crippen molar-refractivity contribution in [1.29, 1.82) is 0 Å². The van der Waals surface area contributed by atoms with Gasteiger partial charge in [-0.3, -0.25) is 14.5 Å². The standard InChI is InChI=1S/C17H22N2O4/c20-15-7-8-16(21)19(15)10-9-18-17(22)23-11-14-12-5-3-1-2-4-6-13(12)14/h1-2,7-8,12-14H,3-6,9-11H2,(H,18,22). The molecule has 0 aromatic heterocycles. The topological polar surface area (TPSA) is 75.7 Å². The Morgan fingerprint density at radius 1 is 1.13 bits per heavy atom. The molecular weight excluding hydrogens is 296 g/mol. The Kier molecular flexibility index (Phi) is 4.79. The van der Waals surface area contributed by atoms with Crippen molar-refractivity contribution in [2.45, 2.75) is 25.7 Å². The Balaban J connectivity index is 1.31. The number of nitrogens with one attached hydrogen (secondary N) is 1. The van der Waals surface area contributed by atoms with Crippen molar-refractivity contribution in [3.8, 4) is 0 Å². The van der Waals surface area contributed by atoms with Crippen LogP contribution >= 0.6 is 0 Å². The maximum atomic E-state index is 11.7. The van der Waals surface area contributed by atoms with E-state index in [1.807, 2.05) is 0 Å². The Hall–Kier alpha value is -2.11. The molecule has 0 saturated heterocycles. The van der Waals surface area contributed by atoms with Gasteiger partial charge in [0.2, 0.25) is 0 Å². The first-order chi connectivity index (χ1) is 11.2. The number of fused-ring (bicyclic) bond motifs is 1. The largest absolute Gasteiger partial charge is 0.449 e. The van der Waals surface area contributed by atoms with Gasteiger partial charge in [0, 0.05) is 25.2 Å². The number of carbonyl (C=O) groups excluding carboxylic acids is 3. The molecule has 1 N–H and O–H groups in total. The minimum absolute atomic E-state index is 0.167. The van der Waals surface area contributed by atoms with E-state index in [0.29, 0.717) is 24.4 Å². The number of amides is 3. The number of carbonyl (C=O) groups is 3. The Labute approximate surface area is 135 Å². The first-order valence-electron chi connectivity index (χ1n) is 8.26. The molecule has 6 heteroatoms. The summed E-state index contributed by atoms with van der Waals surface area (Å²) in [5.74, 6) is 1.20. The third-order valence-corrected chi connectivity index (χ3v) is 4.92. The molecule has 3 amide bonds. The van der Waals surface area contributed by atoms with Gasteiger partial charge in [0.1, 0.15) is 0 Å². The molecule has 1 saturated carbocycles. The summed E-state index contributed by atoms with van der Waals surface area (Å²) < 4.78 is 5.28. The van der Waals surface area contributed by atoms with Gasteiger partial charge in [-0.2, -0.15) is 0 Å². The van der Waals surface area contributed by atoms with Crippen LogP contribution in [0.2, 0.25) is 0 Å². The van der Waals surface area contributed by atoms with Crippen LogP contribution in [0, 0.1) is 17.8 Å². The number of ether oxygens (including phenoxy) is 1. The maximum Gasteiger partial charge on any atom is 0.407 e. The van der Waals surface area contributed by atoms with Crippen LogP contribution in [0.4, 0.5) is 4.79 Å². The molecule has 2 aliphatic carbocycles. The van der Waals surface area contributed by atoms with E-state index in [-0.39, 0.29) is 24.9 Å². The summed E-state index contributed by atoms with van der Waals surface area (Å²) in [4.78, 5) is 35.5. The van der Waals surface area contributed by atoms with Crippen molar-refractivity contribution < 1.29 is 19.1 Å². The van der Waals surface area contributed by atoms with Crippen molar-refractivity contribution >= 4 is 17.9 Å². The second-order valence-corrected chi connectivity index (χ2v) is 6.30. The normalized spacial score (nSPS) is 29.0. The highest BCUT2D eigenvalue weighted by molar-refractivity contribution is 6.12. The van der Waals surface area contributed by atoms with E-state index in [2.05, 4.69) is 17.5 Å². The zero-order valence-corrected chi connectivity index (χ0v) is 13.1. The molecule has 6 nitrogen and oxygen atoms in total. The molecule has 3 aliphatic rings. The highest BCUT2D eigenvalue weighted by atomic mass is 16.5. The third-order valence-electron chi connectivity index (χ3n) is 4.92. The molecule has 0 spiro atoms. The Morgan fingerprint density at radius 3 is 2.35 bits per heavy atom. The molecule has 124 valence electrons. The lowest BCUT2D eigenvalue weighted by atomic mass is 10.1. The van der Waals surface area contributed by atoms with Crippen LogP contribution in [-0.2, 0) is 14.3 Å². The summed E-state index contributed by atoms with van der Waals surface area (Å²) in [6.07, 6.45) is 11.1. The molecule has 1 aliphatic heterocycles. The fourth-order valence-corrected chi connectivity index (χ4v) is 3.59. The fraction of sp³-hybridized carbons (Fsp3) is 0.588. The summed E-state index contributed by atoms with van der Waals surface area (Å²) in [6, 6.07) is 0. The molecule has 0 aromatic carbocycles. The van der Waals surface area contributed by atoms with E-state index in [0.717, 1.165) is 17.7 Å². The highest BCUT2D eigenvalue weighted by Crippen LogP contribution is 2.52. The number of hydrogen-bond donors (Lipinski definition) is 1. The van der Waals surface area contributed by atoms with E-state index in [4.69, 9.17) is 4.74 Å². The van der Waals surface area contributed by atoms with Gasteiger partial charge in [-0.25, -0.2) is 4.79 Å². The van der Waals surface area contributed by atoms with Gasteiger partial charge in [0.25, 0.3) is 11.8 Å². The van der Waals surface area contributed by atoms with Gasteiger partial charge < -0.3 is 10.1 Å². The average Bonchev–Trinajstić information content (AvgIpc) is 3.05. The molecule has 1 heterocycles. The van der Waals surface area contributed by atoms with Gasteiger partial charge >= 0.3 is 6.09 Å². The smallest absolute Gasteiger partial charge is 0.407 e. The van der Waals surface area contributed by atoms with Crippen LogP contribution in [0.3, 0.4) is 0 Å². The summed E-state index contributed by atoms with van der Waals surface area (Å²) in [6.45, 7) is 0.837. The zero-order valence-electron chi connectivity index (χ0n) is 13.1. The van der Waals surface area contributed by atoms with E-state index in [1.165, 1.54) is 25.0 Å². The number of nitrogens with zero attached hydrogens (tertiary/aromatic N) is 1.